The van der Waals surface area contributed by atoms with Crippen LogP contribution in [0.4, 0.5) is 11.9 Å². The number of hydrogen-bond donors (Lipinski definition) is 1. The van der Waals surface area contributed by atoms with Crippen LogP contribution in [0.2, 0.25) is 0 Å². The Morgan fingerprint density at radius 3 is 2.67 bits per heavy atom. The molecule has 0 aliphatic carbocycles. The molecule has 1 saturated heterocycles. The molecule has 0 bridgehead atoms. The standard InChI is InChI=1S/C14H25N5O2/c1-4-15-12-16-13(18-14(17-12)21-5-2)19(3)10-11-6-8-20-9-7-11/h11H,4-10H2,1-3H3,(H,15,16,17,18). The average Bonchev–Trinajstić information content (AvgIpc) is 2.49. The fraction of sp³-hybridized carbons (Fsp3) is 0.786. The summed E-state index contributed by atoms with van der Waals surface area (Å²) in [4.78, 5) is 15.1. The lowest BCUT2D eigenvalue weighted by Gasteiger charge is -2.27. The van der Waals surface area contributed by atoms with Gasteiger partial charge in [-0.1, -0.05) is 0 Å². The van der Waals surface area contributed by atoms with Crippen LogP contribution in [0.3, 0.4) is 0 Å². The quantitative estimate of drug-likeness (QED) is 0.818. The highest BCUT2D eigenvalue weighted by Gasteiger charge is 2.18. The fourth-order valence-corrected chi connectivity index (χ4v) is 2.35. The first kappa shape index (κ1) is 15.8. The van der Waals surface area contributed by atoms with Crippen LogP contribution in [0.5, 0.6) is 6.01 Å². The fourth-order valence-electron chi connectivity index (χ4n) is 2.35. The molecule has 0 radical (unpaired) electrons. The largest absolute Gasteiger partial charge is 0.464 e. The lowest BCUT2D eigenvalue weighted by molar-refractivity contribution is 0.0684. The number of rotatable bonds is 7. The van der Waals surface area contributed by atoms with Gasteiger partial charge in [-0.2, -0.15) is 15.0 Å². The minimum Gasteiger partial charge on any atom is -0.464 e. The van der Waals surface area contributed by atoms with Crippen molar-refractivity contribution < 1.29 is 9.47 Å². The van der Waals surface area contributed by atoms with Gasteiger partial charge in [-0.25, -0.2) is 0 Å². The van der Waals surface area contributed by atoms with E-state index in [1.807, 2.05) is 20.9 Å². The van der Waals surface area contributed by atoms with Crippen molar-refractivity contribution in [2.45, 2.75) is 26.7 Å². The Bertz CT molecular complexity index is 413. The number of anilines is 2. The van der Waals surface area contributed by atoms with Gasteiger partial charge in [0.15, 0.2) is 0 Å². The van der Waals surface area contributed by atoms with Crippen LogP contribution in [0.25, 0.3) is 0 Å². The van der Waals surface area contributed by atoms with Crippen LogP contribution in [0.1, 0.15) is 26.7 Å². The van der Waals surface area contributed by atoms with Gasteiger partial charge in [0.05, 0.1) is 6.61 Å². The molecular formula is C14H25N5O2. The zero-order chi connectivity index (χ0) is 15.1. The Labute approximate surface area is 126 Å². The second-order valence-electron chi connectivity index (χ2n) is 5.14. The van der Waals surface area contributed by atoms with E-state index in [9.17, 15) is 0 Å². The molecule has 0 unspecified atom stereocenters. The summed E-state index contributed by atoms with van der Waals surface area (Å²) < 4.78 is 10.8. The molecule has 7 heteroatoms. The molecule has 1 N–H and O–H groups in total. The minimum absolute atomic E-state index is 0.372. The zero-order valence-corrected chi connectivity index (χ0v) is 13.1. The highest BCUT2D eigenvalue weighted by molar-refractivity contribution is 5.37. The molecule has 0 aromatic carbocycles. The minimum atomic E-state index is 0.372. The Morgan fingerprint density at radius 1 is 1.24 bits per heavy atom. The van der Waals surface area contributed by atoms with Gasteiger partial charge in [-0.05, 0) is 32.6 Å². The monoisotopic (exact) mass is 295 g/mol. The van der Waals surface area contributed by atoms with Crippen LogP contribution in [0.15, 0.2) is 0 Å². The molecule has 118 valence electrons. The van der Waals surface area contributed by atoms with E-state index in [1.54, 1.807) is 0 Å². The molecule has 2 rings (SSSR count). The van der Waals surface area contributed by atoms with Crippen molar-refractivity contribution in [1.29, 1.82) is 0 Å². The van der Waals surface area contributed by atoms with Crippen molar-refractivity contribution in [3.63, 3.8) is 0 Å². The Balaban J connectivity index is 2.08. The predicted octanol–water partition coefficient (Wildman–Crippen LogP) is 1.56. The molecule has 1 aliphatic rings. The smallest absolute Gasteiger partial charge is 0.323 e. The van der Waals surface area contributed by atoms with Crippen molar-refractivity contribution >= 4 is 11.9 Å². The number of nitrogens with zero attached hydrogens (tertiary/aromatic N) is 4. The van der Waals surface area contributed by atoms with Crippen LogP contribution < -0.4 is 15.0 Å². The van der Waals surface area contributed by atoms with E-state index in [-0.39, 0.29) is 0 Å². The summed E-state index contributed by atoms with van der Waals surface area (Å²) in [6, 6.07) is 0.372. The summed E-state index contributed by atoms with van der Waals surface area (Å²) in [6.45, 7) is 7.85. The summed E-state index contributed by atoms with van der Waals surface area (Å²) >= 11 is 0. The topological polar surface area (TPSA) is 72.4 Å². The van der Waals surface area contributed by atoms with Crippen LogP contribution in [0, 0.1) is 5.92 Å². The van der Waals surface area contributed by atoms with Gasteiger partial charge in [0.1, 0.15) is 0 Å². The van der Waals surface area contributed by atoms with Gasteiger partial charge in [-0.15, -0.1) is 0 Å². The molecule has 0 atom stereocenters. The van der Waals surface area contributed by atoms with Gasteiger partial charge in [-0.3, -0.25) is 0 Å². The van der Waals surface area contributed by atoms with Gasteiger partial charge < -0.3 is 19.7 Å². The molecule has 21 heavy (non-hydrogen) atoms. The zero-order valence-electron chi connectivity index (χ0n) is 13.1. The molecule has 1 fully saturated rings. The van der Waals surface area contributed by atoms with Crippen LogP contribution in [-0.2, 0) is 4.74 Å². The third-order valence-electron chi connectivity index (χ3n) is 3.43. The summed E-state index contributed by atoms with van der Waals surface area (Å²) in [7, 11) is 2.01. The van der Waals surface area contributed by atoms with E-state index in [0.717, 1.165) is 39.1 Å². The van der Waals surface area contributed by atoms with Crippen molar-refractivity contribution in [3.8, 4) is 6.01 Å². The van der Waals surface area contributed by atoms with Gasteiger partial charge in [0.2, 0.25) is 11.9 Å². The maximum absolute atomic E-state index is 5.42. The van der Waals surface area contributed by atoms with Gasteiger partial charge in [0.25, 0.3) is 0 Å². The van der Waals surface area contributed by atoms with Gasteiger partial charge >= 0.3 is 6.01 Å². The lowest BCUT2D eigenvalue weighted by Crippen LogP contribution is -2.31. The highest BCUT2D eigenvalue weighted by Crippen LogP contribution is 2.19. The normalized spacial score (nSPS) is 15.8. The maximum Gasteiger partial charge on any atom is 0.323 e. The Kier molecular flexibility index (Phi) is 5.98. The SMILES string of the molecule is CCNc1nc(OCC)nc(N(C)CC2CCOCC2)n1. The van der Waals surface area contributed by atoms with E-state index in [0.29, 0.717) is 30.4 Å². The molecule has 1 aliphatic heterocycles. The molecule has 7 nitrogen and oxygen atoms in total. The van der Waals surface area contributed by atoms with Crippen LogP contribution >= 0.6 is 0 Å². The summed E-state index contributed by atoms with van der Waals surface area (Å²) in [5, 5.41) is 3.12. The van der Waals surface area contributed by atoms with E-state index in [1.165, 1.54) is 0 Å². The molecule has 2 heterocycles. The number of hydrogen-bond acceptors (Lipinski definition) is 7. The van der Waals surface area contributed by atoms with Crippen molar-refractivity contribution in [1.82, 2.24) is 15.0 Å². The van der Waals surface area contributed by atoms with E-state index >= 15 is 0 Å². The lowest BCUT2D eigenvalue weighted by atomic mass is 10.0. The highest BCUT2D eigenvalue weighted by atomic mass is 16.5. The van der Waals surface area contributed by atoms with E-state index in [2.05, 4.69) is 25.2 Å². The van der Waals surface area contributed by atoms with Crippen molar-refractivity contribution in [3.05, 3.63) is 0 Å². The molecule has 1 aromatic heterocycles. The third kappa shape index (κ3) is 4.70. The number of aromatic nitrogens is 3. The maximum atomic E-state index is 5.42. The molecule has 0 saturated carbocycles. The van der Waals surface area contributed by atoms with Crippen molar-refractivity contribution in [2.75, 3.05) is 50.2 Å². The Morgan fingerprint density at radius 2 is 2.00 bits per heavy atom. The molecule has 0 amide bonds. The first-order valence-corrected chi connectivity index (χ1v) is 7.64. The van der Waals surface area contributed by atoms with E-state index < -0.39 is 0 Å². The second kappa shape index (κ2) is 7.97. The second-order valence-corrected chi connectivity index (χ2v) is 5.14. The number of nitrogens with one attached hydrogen (secondary N) is 1. The molecule has 0 spiro atoms. The Hall–Kier alpha value is -1.63. The third-order valence-corrected chi connectivity index (χ3v) is 3.43. The first-order valence-electron chi connectivity index (χ1n) is 7.64. The predicted molar refractivity (Wildman–Crippen MR) is 82.0 cm³/mol. The van der Waals surface area contributed by atoms with Crippen LogP contribution in [-0.4, -0.2) is 54.9 Å². The summed E-state index contributed by atoms with van der Waals surface area (Å²) in [5.41, 5.74) is 0. The van der Waals surface area contributed by atoms with Gasteiger partial charge in [0, 0.05) is 33.4 Å². The number of ether oxygens (including phenoxy) is 2. The first-order chi connectivity index (χ1) is 10.2. The summed E-state index contributed by atoms with van der Waals surface area (Å²) in [6.07, 6.45) is 2.18. The molecular weight excluding hydrogens is 270 g/mol. The average molecular weight is 295 g/mol. The molecule has 1 aromatic rings. The van der Waals surface area contributed by atoms with E-state index in [4.69, 9.17) is 9.47 Å². The van der Waals surface area contributed by atoms with Crippen molar-refractivity contribution in [2.24, 2.45) is 5.92 Å². The summed E-state index contributed by atoms with van der Waals surface area (Å²) in [5.74, 6) is 1.83.